The molecule has 1 aliphatic heterocycles. The van der Waals surface area contributed by atoms with Gasteiger partial charge in [-0.25, -0.2) is 0 Å². The van der Waals surface area contributed by atoms with Crippen LogP contribution in [0.2, 0.25) is 0 Å². The van der Waals surface area contributed by atoms with Crippen LogP contribution in [0.25, 0.3) is 0 Å². The van der Waals surface area contributed by atoms with Gasteiger partial charge in [0, 0.05) is 12.3 Å². The first kappa shape index (κ1) is 13.0. The van der Waals surface area contributed by atoms with Crippen LogP contribution in [0.5, 0.6) is 0 Å². The lowest BCUT2D eigenvalue weighted by molar-refractivity contribution is 0.0830. The van der Waals surface area contributed by atoms with Crippen molar-refractivity contribution in [1.82, 2.24) is 4.90 Å². The first-order chi connectivity index (χ1) is 9.84. The predicted octanol–water partition coefficient (Wildman–Crippen LogP) is 3.02. The number of carbonyl (C=O) groups excluding carboxylic acids is 1. The van der Waals surface area contributed by atoms with E-state index in [1.807, 2.05) is 18.2 Å². The van der Waals surface area contributed by atoms with Crippen LogP contribution in [0.4, 0.5) is 0 Å². The first-order valence-electron chi connectivity index (χ1n) is 6.41. The van der Waals surface area contributed by atoms with E-state index in [1.165, 1.54) is 11.8 Å². The van der Waals surface area contributed by atoms with Crippen molar-refractivity contribution in [3.63, 3.8) is 0 Å². The molecule has 0 unspecified atom stereocenters. The highest BCUT2D eigenvalue weighted by atomic mass is 32.2. The van der Waals surface area contributed by atoms with Gasteiger partial charge in [0.1, 0.15) is 0 Å². The van der Waals surface area contributed by atoms with Crippen molar-refractivity contribution in [3.8, 4) is 0 Å². The molecule has 4 nitrogen and oxygen atoms in total. The molecule has 0 spiro atoms. The molecule has 2 heterocycles. The zero-order chi connectivity index (χ0) is 13.8. The number of carbonyl (C=O) groups is 1. The van der Waals surface area contributed by atoms with Gasteiger partial charge in [-0.2, -0.15) is 0 Å². The van der Waals surface area contributed by atoms with Gasteiger partial charge in [-0.05, 0) is 17.7 Å². The highest BCUT2D eigenvalue weighted by Gasteiger charge is 2.26. The Morgan fingerprint density at radius 2 is 2.10 bits per heavy atom. The minimum atomic E-state index is -0.119. The van der Waals surface area contributed by atoms with Crippen LogP contribution in [0.1, 0.15) is 16.1 Å². The third kappa shape index (κ3) is 2.77. The quantitative estimate of drug-likeness (QED) is 0.871. The van der Waals surface area contributed by atoms with Gasteiger partial charge in [0.25, 0.3) is 5.91 Å². The second-order valence-corrected chi connectivity index (χ2v) is 5.32. The van der Waals surface area contributed by atoms with Gasteiger partial charge in [-0.15, -0.1) is 0 Å². The SMILES string of the molecule is O=C(c1ccco1)N1CCN=C1SCc1ccccc1. The lowest BCUT2D eigenvalue weighted by Crippen LogP contribution is -2.32. The standard InChI is InChI=1S/C15H14N2O2S/c18-14(13-7-4-10-19-13)17-9-8-16-15(17)20-11-12-5-2-1-3-6-12/h1-7,10H,8-9,11H2. The van der Waals surface area contributed by atoms with E-state index in [9.17, 15) is 4.79 Å². The van der Waals surface area contributed by atoms with Crippen molar-refractivity contribution >= 4 is 22.8 Å². The Balaban J connectivity index is 1.65. The molecule has 0 saturated heterocycles. The molecule has 0 N–H and O–H groups in total. The number of benzene rings is 1. The van der Waals surface area contributed by atoms with E-state index in [0.29, 0.717) is 18.8 Å². The average molecular weight is 286 g/mol. The maximum atomic E-state index is 12.3. The normalized spacial score (nSPS) is 14.4. The van der Waals surface area contributed by atoms with Crippen LogP contribution < -0.4 is 0 Å². The fourth-order valence-electron chi connectivity index (χ4n) is 1.99. The topological polar surface area (TPSA) is 45.8 Å². The highest BCUT2D eigenvalue weighted by Crippen LogP contribution is 2.21. The predicted molar refractivity (Wildman–Crippen MR) is 79.8 cm³/mol. The maximum absolute atomic E-state index is 12.3. The van der Waals surface area contributed by atoms with Gasteiger partial charge in [-0.1, -0.05) is 42.1 Å². The fourth-order valence-corrected chi connectivity index (χ4v) is 2.99. The molecule has 1 aliphatic rings. The second kappa shape index (κ2) is 5.96. The minimum Gasteiger partial charge on any atom is -0.459 e. The van der Waals surface area contributed by atoms with Crippen LogP contribution in [-0.2, 0) is 5.75 Å². The Labute approximate surface area is 121 Å². The molecular formula is C15H14N2O2S. The van der Waals surface area contributed by atoms with E-state index in [4.69, 9.17) is 4.42 Å². The molecule has 5 heteroatoms. The summed E-state index contributed by atoms with van der Waals surface area (Å²) in [7, 11) is 0. The Kier molecular flexibility index (Phi) is 3.87. The number of furan rings is 1. The highest BCUT2D eigenvalue weighted by molar-refractivity contribution is 8.13. The van der Waals surface area contributed by atoms with E-state index in [0.717, 1.165) is 10.9 Å². The zero-order valence-electron chi connectivity index (χ0n) is 10.9. The summed E-state index contributed by atoms with van der Waals surface area (Å²) >= 11 is 1.58. The van der Waals surface area contributed by atoms with Crippen LogP contribution in [-0.4, -0.2) is 29.1 Å². The molecule has 1 aromatic heterocycles. The molecular weight excluding hydrogens is 272 g/mol. The Morgan fingerprint density at radius 3 is 2.85 bits per heavy atom. The molecule has 0 bridgehead atoms. The number of hydrogen-bond donors (Lipinski definition) is 0. The number of nitrogens with zero attached hydrogens (tertiary/aromatic N) is 2. The van der Waals surface area contributed by atoms with Crippen LogP contribution >= 0.6 is 11.8 Å². The Hall–Kier alpha value is -2.01. The van der Waals surface area contributed by atoms with Crippen molar-refractivity contribution in [2.75, 3.05) is 13.1 Å². The molecule has 0 aliphatic carbocycles. The summed E-state index contributed by atoms with van der Waals surface area (Å²) < 4.78 is 5.16. The Bertz CT molecular complexity index is 608. The number of rotatable bonds is 3. The van der Waals surface area contributed by atoms with Gasteiger partial charge < -0.3 is 4.42 Å². The summed E-state index contributed by atoms with van der Waals surface area (Å²) in [6.07, 6.45) is 1.51. The van der Waals surface area contributed by atoms with E-state index in [2.05, 4.69) is 17.1 Å². The molecule has 0 fully saturated rings. The molecule has 2 aromatic rings. The molecule has 3 rings (SSSR count). The first-order valence-corrected chi connectivity index (χ1v) is 7.40. The van der Waals surface area contributed by atoms with Crippen molar-refractivity contribution in [2.45, 2.75) is 5.75 Å². The van der Waals surface area contributed by atoms with Crippen molar-refractivity contribution in [3.05, 3.63) is 60.1 Å². The number of amides is 1. The molecule has 0 saturated carbocycles. The van der Waals surface area contributed by atoms with Crippen LogP contribution in [0, 0.1) is 0 Å². The van der Waals surface area contributed by atoms with Gasteiger partial charge in [0.2, 0.25) is 0 Å². The van der Waals surface area contributed by atoms with E-state index in [1.54, 1.807) is 28.8 Å². The fraction of sp³-hybridized carbons (Fsp3) is 0.200. The molecule has 0 radical (unpaired) electrons. The smallest absolute Gasteiger partial charge is 0.295 e. The molecule has 0 atom stereocenters. The lowest BCUT2D eigenvalue weighted by Gasteiger charge is -2.16. The number of aliphatic imine (C=N–C) groups is 1. The van der Waals surface area contributed by atoms with Gasteiger partial charge in [-0.3, -0.25) is 14.7 Å². The number of amidine groups is 1. The van der Waals surface area contributed by atoms with E-state index in [-0.39, 0.29) is 5.91 Å². The summed E-state index contributed by atoms with van der Waals surface area (Å²) in [5.74, 6) is 1.05. The molecule has 1 amide bonds. The number of hydrogen-bond acceptors (Lipinski definition) is 4. The van der Waals surface area contributed by atoms with Crippen molar-refractivity contribution in [2.24, 2.45) is 4.99 Å². The van der Waals surface area contributed by atoms with Crippen LogP contribution in [0.3, 0.4) is 0 Å². The van der Waals surface area contributed by atoms with Gasteiger partial charge in [0.15, 0.2) is 10.9 Å². The summed E-state index contributed by atoms with van der Waals surface area (Å²) in [5.41, 5.74) is 1.22. The summed E-state index contributed by atoms with van der Waals surface area (Å²) in [6.45, 7) is 1.28. The minimum absolute atomic E-state index is 0.119. The van der Waals surface area contributed by atoms with Crippen molar-refractivity contribution in [1.29, 1.82) is 0 Å². The van der Waals surface area contributed by atoms with E-state index < -0.39 is 0 Å². The maximum Gasteiger partial charge on any atom is 0.295 e. The second-order valence-electron chi connectivity index (χ2n) is 4.37. The van der Waals surface area contributed by atoms with Gasteiger partial charge in [0.05, 0.1) is 12.8 Å². The molecule has 1 aromatic carbocycles. The number of thioether (sulfide) groups is 1. The van der Waals surface area contributed by atoms with Crippen LogP contribution in [0.15, 0.2) is 58.1 Å². The van der Waals surface area contributed by atoms with Gasteiger partial charge >= 0.3 is 0 Å². The third-order valence-corrected chi connectivity index (χ3v) is 4.07. The third-order valence-electron chi connectivity index (χ3n) is 2.99. The monoisotopic (exact) mass is 286 g/mol. The largest absolute Gasteiger partial charge is 0.459 e. The zero-order valence-corrected chi connectivity index (χ0v) is 11.7. The summed E-state index contributed by atoms with van der Waals surface area (Å²) in [6, 6.07) is 13.6. The molecule has 20 heavy (non-hydrogen) atoms. The lowest BCUT2D eigenvalue weighted by atomic mass is 10.2. The summed E-state index contributed by atoms with van der Waals surface area (Å²) in [5, 5.41) is 0.773. The molecule has 102 valence electrons. The van der Waals surface area contributed by atoms with E-state index >= 15 is 0 Å². The Morgan fingerprint density at radius 1 is 1.25 bits per heavy atom. The summed E-state index contributed by atoms with van der Waals surface area (Å²) in [4.78, 5) is 18.4. The van der Waals surface area contributed by atoms with Crippen molar-refractivity contribution < 1.29 is 9.21 Å². The average Bonchev–Trinajstić information content (AvgIpc) is 3.17.